The molecule has 0 amide bonds. The van der Waals surface area contributed by atoms with Gasteiger partial charge in [-0.1, -0.05) is 0 Å². The molecule has 0 radical (unpaired) electrons. The molecule has 9 heteroatoms. The Kier molecular flexibility index (Phi) is 3.23. The Bertz CT molecular complexity index is 623. The molecule has 0 fully saturated rings. The van der Waals surface area contributed by atoms with Gasteiger partial charge in [0.2, 0.25) is 5.82 Å². The molecule has 2 N–H and O–H groups in total. The molecular weight excluding hydrogens is 271 g/mol. The zero-order valence-electron chi connectivity index (χ0n) is 9.52. The average Bonchev–Trinajstić information content (AvgIpc) is 2.76. The fourth-order valence-corrected chi connectivity index (χ4v) is 1.56. The van der Waals surface area contributed by atoms with Gasteiger partial charge in [-0.3, -0.25) is 0 Å². The van der Waals surface area contributed by atoms with Crippen LogP contribution in [-0.4, -0.2) is 14.8 Å². The van der Waals surface area contributed by atoms with Crippen LogP contribution in [0.5, 0.6) is 0 Å². The highest BCUT2D eigenvalue weighted by Gasteiger charge is 2.29. The molecule has 0 saturated carbocycles. The van der Waals surface area contributed by atoms with Gasteiger partial charge in [-0.15, -0.1) is 10.2 Å². The SMILES string of the molecule is Cn1c(CN)nnc1-c1c(F)c(F)c(F)c(F)c1F. The Labute approximate surface area is 103 Å². The maximum absolute atomic E-state index is 13.5. The molecule has 2 rings (SSSR count). The van der Waals surface area contributed by atoms with Crippen molar-refractivity contribution in [3.05, 3.63) is 34.9 Å². The minimum absolute atomic E-state index is 0.0983. The number of hydrogen-bond acceptors (Lipinski definition) is 3. The van der Waals surface area contributed by atoms with Gasteiger partial charge in [0.15, 0.2) is 29.1 Å². The highest BCUT2D eigenvalue weighted by molar-refractivity contribution is 5.58. The lowest BCUT2D eigenvalue weighted by molar-refractivity contribution is 0.380. The zero-order valence-corrected chi connectivity index (χ0v) is 9.52. The van der Waals surface area contributed by atoms with E-state index in [9.17, 15) is 22.0 Å². The van der Waals surface area contributed by atoms with Gasteiger partial charge in [-0.25, -0.2) is 22.0 Å². The maximum Gasteiger partial charge on any atom is 0.200 e. The van der Waals surface area contributed by atoms with Crippen molar-refractivity contribution in [3.8, 4) is 11.4 Å². The molecule has 0 aliphatic carbocycles. The van der Waals surface area contributed by atoms with E-state index in [0.29, 0.717) is 0 Å². The van der Waals surface area contributed by atoms with Crippen molar-refractivity contribution in [2.24, 2.45) is 12.8 Å². The number of aromatic nitrogens is 3. The predicted molar refractivity (Wildman–Crippen MR) is 54.1 cm³/mol. The van der Waals surface area contributed by atoms with Gasteiger partial charge in [-0.2, -0.15) is 0 Å². The lowest BCUT2D eigenvalue weighted by Gasteiger charge is -2.08. The summed E-state index contributed by atoms with van der Waals surface area (Å²) in [6, 6.07) is 0. The maximum atomic E-state index is 13.5. The summed E-state index contributed by atoms with van der Waals surface area (Å²) in [6.07, 6.45) is 0. The second kappa shape index (κ2) is 4.57. The van der Waals surface area contributed by atoms with Crippen LogP contribution < -0.4 is 5.73 Å². The van der Waals surface area contributed by atoms with Crippen LogP contribution >= 0.6 is 0 Å². The summed E-state index contributed by atoms with van der Waals surface area (Å²) >= 11 is 0. The van der Waals surface area contributed by atoms with E-state index in [4.69, 9.17) is 5.73 Å². The molecule has 0 aliphatic rings. The van der Waals surface area contributed by atoms with Crippen LogP contribution in [0.2, 0.25) is 0 Å². The second-order valence-electron chi connectivity index (χ2n) is 3.65. The smallest absolute Gasteiger partial charge is 0.200 e. The van der Waals surface area contributed by atoms with Gasteiger partial charge in [0.25, 0.3) is 0 Å². The largest absolute Gasteiger partial charge is 0.324 e. The summed E-state index contributed by atoms with van der Waals surface area (Å²) in [5, 5.41) is 6.88. The van der Waals surface area contributed by atoms with Crippen molar-refractivity contribution < 1.29 is 22.0 Å². The minimum Gasteiger partial charge on any atom is -0.324 e. The average molecular weight is 278 g/mol. The van der Waals surface area contributed by atoms with Crippen molar-refractivity contribution in [2.75, 3.05) is 0 Å². The highest BCUT2D eigenvalue weighted by atomic mass is 19.2. The summed E-state index contributed by atoms with van der Waals surface area (Å²) in [6.45, 7) is -0.0983. The monoisotopic (exact) mass is 278 g/mol. The Morgan fingerprint density at radius 1 is 0.895 bits per heavy atom. The molecule has 0 atom stereocenters. The molecule has 0 unspecified atom stereocenters. The number of benzene rings is 1. The lowest BCUT2D eigenvalue weighted by Crippen LogP contribution is -2.09. The molecule has 0 spiro atoms. The molecule has 19 heavy (non-hydrogen) atoms. The summed E-state index contributed by atoms with van der Waals surface area (Å²) in [5.41, 5.74) is 4.15. The first-order chi connectivity index (χ1) is 8.90. The van der Waals surface area contributed by atoms with E-state index in [1.54, 1.807) is 0 Å². The number of halogens is 5. The fourth-order valence-electron chi connectivity index (χ4n) is 1.56. The number of hydrogen-bond donors (Lipinski definition) is 1. The van der Waals surface area contributed by atoms with E-state index in [1.807, 2.05) is 0 Å². The van der Waals surface area contributed by atoms with Crippen LogP contribution in [0.25, 0.3) is 11.4 Å². The number of nitrogens with zero attached hydrogens (tertiary/aromatic N) is 3. The predicted octanol–water partition coefficient (Wildman–Crippen LogP) is 1.64. The fraction of sp³-hybridized carbons (Fsp3) is 0.200. The summed E-state index contributed by atoms with van der Waals surface area (Å²) in [7, 11) is 1.30. The molecule has 4 nitrogen and oxygen atoms in total. The van der Waals surface area contributed by atoms with Crippen LogP contribution in [0.3, 0.4) is 0 Å². The molecule has 1 aromatic heterocycles. The van der Waals surface area contributed by atoms with E-state index in [1.165, 1.54) is 7.05 Å². The van der Waals surface area contributed by atoms with E-state index in [-0.39, 0.29) is 12.4 Å². The highest BCUT2D eigenvalue weighted by Crippen LogP contribution is 2.30. The standard InChI is InChI=1S/C10H7F5N4/c1-19-3(2-16)17-18-10(19)4-5(11)7(13)9(15)8(14)6(4)12/h2,16H2,1H3. The summed E-state index contributed by atoms with van der Waals surface area (Å²) < 4.78 is 67.2. The Morgan fingerprint density at radius 3 is 1.79 bits per heavy atom. The van der Waals surface area contributed by atoms with E-state index in [0.717, 1.165) is 4.57 Å². The van der Waals surface area contributed by atoms with Gasteiger partial charge in [0.05, 0.1) is 12.1 Å². The van der Waals surface area contributed by atoms with Gasteiger partial charge in [0, 0.05) is 7.05 Å². The molecule has 0 bridgehead atoms. The number of nitrogens with two attached hydrogens (primary N) is 1. The first-order valence-corrected chi connectivity index (χ1v) is 5.00. The third-order valence-electron chi connectivity index (χ3n) is 2.58. The minimum atomic E-state index is -2.22. The van der Waals surface area contributed by atoms with Crippen LogP contribution in [0, 0.1) is 29.1 Å². The molecule has 2 aromatic rings. The topological polar surface area (TPSA) is 56.7 Å². The van der Waals surface area contributed by atoms with Gasteiger partial charge in [0.1, 0.15) is 5.82 Å². The van der Waals surface area contributed by atoms with Crippen LogP contribution in [0.15, 0.2) is 0 Å². The quantitative estimate of drug-likeness (QED) is 0.516. The van der Waals surface area contributed by atoms with Gasteiger partial charge < -0.3 is 10.3 Å². The first kappa shape index (κ1) is 13.4. The third-order valence-corrected chi connectivity index (χ3v) is 2.58. The molecule has 1 aromatic carbocycles. The van der Waals surface area contributed by atoms with Crippen molar-refractivity contribution in [1.29, 1.82) is 0 Å². The molecule has 0 aliphatic heterocycles. The first-order valence-electron chi connectivity index (χ1n) is 5.00. The molecule has 102 valence electrons. The summed E-state index contributed by atoms with van der Waals surface area (Å²) in [5.74, 6) is -10.6. The molecule has 0 saturated heterocycles. The van der Waals surface area contributed by atoms with Crippen molar-refractivity contribution in [2.45, 2.75) is 6.54 Å². The van der Waals surface area contributed by atoms with E-state index < -0.39 is 40.5 Å². The van der Waals surface area contributed by atoms with Crippen LogP contribution in [-0.2, 0) is 13.6 Å². The van der Waals surface area contributed by atoms with Crippen LogP contribution in [0.4, 0.5) is 22.0 Å². The lowest BCUT2D eigenvalue weighted by atomic mass is 10.1. The number of rotatable bonds is 2. The van der Waals surface area contributed by atoms with Crippen molar-refractivity contribution in [3.63, 3.8) is 0 Å². The molecule has 1 heterocycles. The van der Waals surface area contributed by atoms with Crippen LogP contribution in [0.1, 0.15) is 5.82 Å². The zero-order chi connectivity index (χ0) is 14.3. The van der Waals surface area contributed by atoms with E-state index in [2.05, 4.69) is 10.2 Å². The van der Waals surface area contributed by atoms with E-state index >= 15 is 0 Å². The van der Waals surface area contributed by atoms with Crippen molar-refractivity contribution >= 4 is 0 Å². The van der Waals surface area contributed by atoms with Gasteiger partial charge >= 0.3 is 0 Å². The van der Waals surface area contributed by atoms with Gasteiger partial charge in [-0.05, 0) is 0 Å². The summed E-state index contributed by atoms with van der Waals surface area (Å²) in [4.78, 5) is 0. The van der Waals surface area contributed by atoms with Crippen molar-refractivity contribution in [1.82, 2.24) is 14.8 Å². The second-order valence-corrected chi connectivity index (χ2v) is 3.65. The third kappa shape index (κ3) is 1.86. The molecular formula is C10H7F5N4. The Morgan fingerprint density at radius 2 is 1.37 bits per heavy atom. The Hall–Kier alpha value is -2.03. The normalized spacial score (nSPS) is 11.1. The Balaban J connectivity index is 2.79.